The number of aromatic nitrogens is 1. The highest BCUT2D eigenvalue weighted by molar-refractivity contribution is 5.99. The Labute approximate surface area is 166 Å². The molecular formula is C23H28N2O3. The Kier molecular flexibility index (Phi) is 6.47. The van der Waals surface area contributed by atoms with Crippen molar-refractivity contribution in [1.29, 1.82) is 0 Å². The van der Waals surface area contributed by atoms with Crippen LogP contribution < -0.4 is 0 Å². The Morgan fingerprint density at radius 3 is 2.54 bits per heavy atom. The van der Waals surface area contributed by atoms with Gasteiger partial charge >= 0.3 is 5.97 Å². The Morgan fingerprint density at radius 2 is 1.89 bits per heavy atom. The van der Waals surface area contributed by atoms with Gasteiger partial charge in [-0.25, -0.2) is 0 Å². The lowest BCUT2D eigenvalue weighted by atomic mass is 9.99. The number of hydrogen-bond donors (Lipinski definition) is 0. The molecule has 1 aliphatic heterocycles. The molecule has 0 bridgehead atoms. The van der Waals surface area contributed by atoms with E-state index < -0.39 is 0 Å². The van der Waals surface area contributed by atoms with E-state index in [1.807, 2.05) is 30.5 Å². The monoisotopic (exact) mass is 380 g/mol. The molecular weight excluding hydrogens is 352 g/mol. The van der Waals surface area contributed by atoms with Crippen molar-refractivity contribution >= 4 is 17.3 Å². The van der Waals surface area contributed by atoms with Crippen LogP contribution in [0.15, 0.2) is 42.5 Å². The minimum atomic E-state index is -0.241. The smallest absolute Gasteiger partial charge is 0.307 e. The Morgan fingerprint density at radius 1 is 1.14 bits per heavy atom. The Bertz CT molecular complexity index is 881. The molecule has 2 aromatic rings. The van der Waals surface area contributed by atoms with E-state index in [2.05, 4.69) is 35.2 Å². The molecule has 1 aromatic heterocycles. The molecule has 0 radical (unpaired) electrons. The minimum absolute atomic E-state index is 0.133. The predicted octanol–water partition coefficient (Wildman–Crippen LogP) is 3.64. The molecule has 1 aromatic carbocycles. The maximum atomic E-state index is 12.9. The number of carbonyl (C=O) groups is 2. The first kappa shape index (κ1) is 20.1. The van der Waals surface area contributed by atoms with Gasteiger partial charge in [0.05, 0.1) is 20.1 Å². The summed E-state index contributed by atoms with van der Waals surface area (Å²) in [6, 6.07) is 12.3. The number of nitrogens with zero attached hydrogens (tertiary/aromatic N) is 2. The summed E-state index contributed by atoms with van der Waals surface area (Å²) in [5, 5.41) is 0. The van der Waals surface area contributed by atoms with Crippen LogP contribution in [-0.4, -0.2) is 48.0 Å². The molecule has 28 heavy (non-hydrogen) atoms. The van der Waals surface area contributed by atoms with Crippen molar-refractivity contribution < 1.29 is 14.3 Å². The maximum Gasteiger partial charge on any atom is 0.307 e. The van der Waals surface area contributed by atoms with Crippen LogP contribution in [0.1, 0.15) is 40.2 Å². The molecule has 0 atom stereocenters. The number of methoxy groups -OCH3 is 1. The third kappa shape index (κ3) is 4.60. The minimum Gasteiger partial charge on any atom is -0.469 e. The molecule has 0 N–H and O–H groups in total. The number of rotatable bonds is 7. The number of ketones is 1. The fraction of sp³-hybridized carbons (Fsp3) is 0.391. The SMILES string of the molecule is COC(=O)CCn1c(C)cc(C(=O)CN2CC=C(c3ccccc3)CC2)c1C. The maximum absolute atomic E-state index is 12.9. The Hall–Kier alpha value is -2.66. The van der Waals surface area contributed by atoms with Gasteiger partial charge in [-0.05, 0) is 37.5 Å². The lowest BCUT2D eigenvalue weighted by Gasteiger charge is -2.25. The van der Waals surface area contributed by atoms with E-state index in [0.717, 1.165) is 36.5 Å². The second-order valence-electron chi connectivity index (χ2n) is 7.27. The number of ether oxygens (including phenoxy) is 1. The first-order valence-corrected chi connectivity index (χ1v) is 9.73. The van der Waals surface area contributed by atoms with Crippen molar-refractivity contribution in [3.8, 4) is 0 Å². The van der Waals surface area contributed by atoms with E-state index in [-0.39, 0.29) is 11.8 Å². The van der Waals surface area contributed by atoms with Crippen LogP contribution in [0.5, 0.6) is 0 Å². The summed E-state index contributed by atoms with van der Waals surface area (Å²) in [6.45, 7) is 6.53. The standard InChI is InChI=1S/C23H28N2O3/c1-17-15-21(18(2)25(17)14-11-23(27)28-3)22(26)16-24-12-9-20(10-13-24)19-7-5-4-6-8-19/h4-9,15H,10-14,16H2,1-3H3. The van der Waals surface area contributed by atoms with Crippen molar-refractivity contribution in [3.05, 3.63) is 65.0 Å². The molecule has 0 saturated carbocycles. The fourth-order valence-corrected chi connectivity index (χ4v) is 3.79. The zero-order chi connectivity index (χ0) is 20.1. The quantitative estimate of drug-likeness (QED) is 0.544. The topological polar surface area (TPSA) is 51.5 Å². The highest BCUT2D eigenvalue weighted by Gasteiger charge is 2.20. The van der Waals surface area contributed by atoms with Crippen molar-refractivity contribution in [2.24, 2.45) is 0 Å². The van der Waals surface area contributed by atoms with E-state index in [4.69, 9.17) is 4.74 Å². The second kappa shape index (κ2) is 9.02. The lowest BCUT2D eigenvalue weighted by molar-refractivity contribution is -0.140. The second-order valence-corrected chi connectivity index (χ2v) is 7.27. The van der Waals surface area contributed by atoms with Gasteiger partial charge in [0.15, 0.2) is 5.78 Å². The molecule has 0 spiro atoms. The molecule has 0 fully saturated rings. The van der Waals surface area contributed by atoms with Gasteiger partial charge in [-0.15, -0.1) is 0 Å². The number of Topliss-reactive ketones (excluding diaryl/α,β-unsaturated/α-hetero) is 1. The van der Waals surface area contributed by atoms with Crippen LogP contribution in [0.3, 0.4) is 0 Å². The summed E-state index contributed by atoms with van der Waals surface area (Å²) in [6.07, 6.45) is 3.49. The highest BCUT2D eigenvalue weighted by atomic mass is 16.5. The normalized spacial score (nSPS) is 14.6. The summed E-state index contributed by atoms with van der Waals surface area (Å²) in [7, 11) is 1.39. The van der Waals surface area contributed by atoms with Crippen LogP contribution >= 0.6 is 0 Å². The molecule has 2 heterocycles. The predicted molar refractivity (Wildman–Crippen MR) is 110 cm³/mol. The largest absolute Gasteiger partial charge is 0.469 e. The molecule has 148 valence electrons. The fourth-order valence-electron chi connectivity index (χ4n) is 3.79. The van der Waals surface area contributed by atoms with Crippen molar-refractivity contribution in [2.45, 2.75) is 33.2 Å². The summed E-state index contributed by atoms with van der Waals surface area (Å²) >= 11 is 0. The van der Waals surface area contributed by atoms with Gasteiger partial charge in [0, 0.05) is 36.6 Å². The van der Waals surface area contributed by atoms with Crippen molar-refractivity contribution in [3.63, 3.8) is 0 Å². The molecule has 3 rings (SSSR count). The third-order valence-corrected chi connectivity index (χ3v) is 5.45. The molecule has 0 saturated heterocycles. The van der Waals surface area contributed by atoms with E-state index in [9.17, 15) is 9.59 Å². The molecule has 5 nitrogen and oxygen atoms in total. The van der Waals surface area contributed by atoms with E-state index in [1.54, 1.807) is 0 Å². The Balaban J connectivity index is 1.63. The number of esters is 1. The van der Waals surface area contributed by atoms with E-state index in [0.29, 0.717) is 19.5 Å². The molecule has 5 heteroatoms. The van der Waals surface area contributed by atoms with E-state index in [1.165, 1.54) is 18.2 Å². The summed E-state index contributed by atoms with van der Waals surface area (Å²) < 4.78 is 6.74. The number of benzene rings is 1. The van der Waals surface area contributed by atoms with Crippen molar-refractivity contribution in [1.82, 2.24) is 9.47 Å². The van der Waals surface area contributed by atoms with Gasteiger partial charge in [-0.3, -0.25) is 14.5 Å². The average molecular weight is 380 g/mol. The van der Waals surface area contributed by atoms with Crippen molar-refractivity contribution in [2.75, 3.05) is 26.7 Å². The molecule has 0 amide bonds. The highest BCUT2D eigenvalue weighted by Crippen LogP contribution is 2.23. The van der Waals surface area contributed by atoms with Gasteiger partial charge in [0.25, 0.3) is 0 Å². The van der Waals surface area contributed by atoms with E-state index >= 15 is 0 Å². The summed E-state index contributed by atoms with van der Waals surface area (Å²) in [5.41, 5.74) is 5.28. The average Bonchev–Trinajstić information content (AvgIpc) is 3.01. The van der Waals surface area contributed by atoms with Gasteiger partial charge in [0.2, 0.25) is 0 Å². The number of carbonyl (C=O) groups excluding carboxylic acids is 2. The van der Waals surface area contributed by atoms with Gasteiger partial charge < -0.3 is 9.30 Å². The summed E-state index contributed by atoms with van der Waals surface area (Å²) in [5.74, 6) is -0.108. The van der Waals surface area contributed by atoms with Crippen LogP contribution in [0.4, 0.5) is 0 Å². The zero-order valence-electron chi connectivity index (χ0n) is 16.9. The molecule has 0 unspecified atom stereocenters. The van der Waals surface area contributed by atoms with Gasteiger partial charge in [0.1, 0.15) is 0 Å². The number of hydrogen-bond acceptors (Lipinski definition) is 4. The third-order valence-electron chi connectivity index (χ3n) is 5.45. The van der Waals surface area contributed by atoms with Crippen LogP contribution in [0.25, 0.3) is 5.57 Å². The first-order chi connectivity index (χ1) is 13.5. The first-order valence-electron chi connectivity index (χ1n) is 9.73. The molecule has 0 aliphatic carbocycles. The van der Waals surface area contributed by atoms with Crippen LogP contribution in [0, 0.1) is 13.8 Å². The van der Waals surface area contributed by atoms with Gasteiger partial charge in [-0.1, -0.05) is 36.4 Å². The summed E-state index contributed by atoms with van der Waals surface area (Å²) in [4.78, 5) is 26.5. The van der Waals surface area contributed by atoms with Crippen LogP contribution in [0.2, 0.25) is 0 Å². The van der Waals surface area contributed by atoms with Crippen LogP contribution in [-0.2, 0) is 16.1 Å². The number of aryl methyl sites for hydroxylation is 1. The lowest BCUT2D eigenvalue weighted by Crippen LogP contribution is -2.33. The zero-order valence-corrected chi connectivity index (χ0v) is 16.9. The van der Waals surface area contributed by atoms with Gasteiger partial charge in [-0.2, -0.15) is 0 Å². The molecule has 1 aliphatic rings.